The van der Waals surface area contributed by atoms with Gasteiger partial charge in [-0.3, -0.25) is 9.59 Å². The predicted molar refractivity (Wildman–Crippen MR) is 81.2 cm³/mol. The molecule has 0 aliphatic rings. The molecule has 0 bridgehead atoms. The fourth-order valence-electron chi connectivity index (χ4n) is 1.69. The summed E-state index contributed by atoms with van der Waals surface area (Å²) in [6.07, 6.45) is 0. The standard InChI is InChI=1S/C13H16N2O2S2/c1-6-8(3)19-13-11(6)12(17)14-10(15-13)5-18-9(4)7(2)16/h9H,5H2,1-4H3,(H,14,15,17)/t9-/m1/s1. The van der Waals surface area contributed by atoms with E-state index in [1.807, 2.05) is 20.8 Å². The lowest BCUT2D eigenvalue weighted by atomic mass is 10.2. The molecule has 0 radical (unpaired) electrons. The maximum Gasteiger partial charge on any atom is 0.259 e. The van der Waals surface area contributed by atoms with Crippen molar-refractivity contribution in [1.82, 2.24) is 9.97 Å². The van der Waals surface area contributed by atoms with Gasteiger partial charge in [-0.2, -0.15) is 0 Å². The van der Waals surface area contributed by atoms with Crippen molar-refractivity contribution in [3.8, 4) is 0 Å². The summed E-state index contributed by atoms with van der Waals surface area (Å²) in [5, 5.41) is 0.615. The molecule has 0 amide bonds. The topological polar surface area (TPSA) is 62.8 Å². The van der Waals surface area contributed by atoms with Crippen LogP contribution in [0.25, 0.3) is 10.2 Å². The molecule has 0 aromatic carbocycles. The molecule has 2 heterocycles. The maximum atomic E-state index is 12.0. The number of hydrogen-bond acceptors (Lipinski definition) is 5. The monoisotopic (exact) mass is 296 g/mol. The van der Waals surface area contributed by atoms with Gasteiger partial charge in [-0.1, -0.05) is 0 Å². The Kier molecular flexibility index (Phi) is 4.10. The average molecular weight is 296 g/mol. The summed E-state index contributed by atoms with van der Waals surface area (Å²) in [5.41, 5.74) is 0.919. The molecule has 4 nitrogen and oxygen atoms in total. The number of hydrogen-bond donors (Lipinski definition) is 1. The zero-order valence-corrected chi connectivity index (χ0v) is 13.0. The van der Waals surface area contributed by atoms with E-state index < -0.39 is 0 Å². The lowest BCUT2D eigenvalue weighted by Crippen LogP contribution is -2.13. The number of aromatic amines is 1. The van der Waals surface area contributed by atoms with Crippen molar-refractivity contribution in [2.75, 3.05) is 0 Å². The Morgan fingerprint density at radius 3 is 2.79 bits per heavy atom. The Morgan fingerprint density at radius 2 is 2.16 bits per heavy atom. The molecule has 1 atom stereocenters. The van der Waals surface area contributed by atoms with Gasteiger partial charge in [0.15, 0.2) is 0 Å². The van der Waals surface area contributed by atoms with Gasteiger partial charge >= 0.3 is 0 Å². The third kappa shape index (κ3) is 2.90. The largest absolute Gasteiger partial charge is 0.309 e. The van der Waals surface area contributed by atoms with E-state index in [1.54, 1.807) is 18.3 Å². The number of rotatable bonds is 4. The number of ketones is 1. The molecule has 2 aromatic heterocycles. The van der Waals surface area contributed by atoms with Crippen molar-refractivity contribution in [1.29, 1.82) is 0 Å². The maximum absolute atomic E-state index is 12.0. The molecule has 0 aliphatic heterocycles. The summed E-state index contributed by atoms with van der Waals surface area (Å²) in [6.45, 7) is 7.37. The van der Waals surface area contributed by atoms with Crippen molar-refractivity contribution in [2.24, 2.45) is 0 Å². The van der Waals surface area contributed by atoms with Gasteiger partial charge in [0, 0.05) is 4.88 Å². The van der Waals surface area contributed by atoms with Gasteiger partial charge in [-0.05, 0) is 33.3 Å². The lowest BCUT2D eigenvalue weighted by molar-refractivity contribution is -0.116. The van der Waals surface area contributed by atoms with Gasteiger partial charge in [0.25, 0.3) is 5.56 Å². The lowest BCUT2D eigenvalue weighted by Gasteiger charge is -2.06. The van der Waals surface area contributed by atoms with Gasteiger partial charge in [0.2, 0.25) is 0 Å². The molecule has 0 saturated heterocycles. The van der Waals surface area contributed by atoms with E-state index in [4.69, 9.17) is 0 Å². The first-order chi connectivity index (χ1) is 8.90. The second-order valence-corrected chi connectivity index (χ2v) is 7.07. The third-order valence-corrected chi connectivity index (χ3v) is 5.50. The fraction of sp³-hybridized carbons (Fsp3) is 0.462. The van der Waals surface area contributed by atoms with Gasteiger partial charge in [0.1, 0.15) is 16.4 Å². The van der Waals surface area contributed by atoms with Crippen molar-refractivity contribution in [2.45, 2.75) is 38.7 Å². The Morgan fingerprint density at radius 1 is 1.47 bits per heavy atom. The van der Waals surface area contributed by atoms with Crippen LogP contribution in [0.5, 0.6) is 0 Å². The van der Waals surface area contributed by atoms with Crippen molar-refractivity contribution in [3.05, 3.63) is 26.6 Å². The summed E-state index contributed by atoms with van der Waals surface area (Å²) < 4.78 is 0. The molecular formula is C13H16N2O2S2. The van der Waals surface area contributed by atoms with E-state index in [0.717, 1.165) is 15.3 Å². The minimum Gasteiger partial charge on any atom is -0.309 e. The highest BCUT2D eigenvalue weighted by Crippen LogP contribution is 2.26. The van der Waals surface area contributed by atoms with Crippen LogP contribution >= 0.6 is 23.1 Å². The summed E-state index contributed by atoms with van der Waals surface area (Å²) in [5.74, 6) is 1.31. The van der Waals surface area contributed by atoms with E-state index in [-0.39, 0.29) is 16.6 Å². The highest BCUT2D eigenvalue weighted by molar-refractivity contribution is 7.99. The molecule has 2 aromatic rings. The fourth-order valence-corrected chi connectivity index (χ4v) is 3.52. The quantitative estimate of drug-likeness (QED) is 0.942. The van der Waals surface area contributed by atoms with Crippen molar-refractivity contribution in [3.63, 3.8) is 0 Å². The summed E-state index contributed by atoms with van der Waals surface area (Å²) >= 11 is 3.03. The molecule has 0 aliphatic carbocycles. The first-order valence-corrected chi connectivity index (χ1v) is 7.87. The normalized spacial score (nSPS) is 12.8. The number of nitrogens with one attached hydrogen (secondary N) is 1. The molecule has 0 unspecified atom stereocenters. The van der Waals surface area contributed by atoms with Crippen molar-refractivity contribution < 1.29 is 4.79 Å². The van der Waals surface area contributed by atoms with Crippen LogP contribution in [0, 0.1) is 13.8 Å². The second-order valence-electron chi connectivity index (χ2n) is 4.54. The first kappa shape index (κ1) is 14.3. The minimum absolute atomic E-state index is 0.0761. The third-order valence-electron chi connectivity index (χ3n) is 3.13. The van der Waals surface area contributed by atoms with E-state index in [2.05, 4.69) is 9.97 Å². The number of carbonyl (C=O) groups is 1. The zero-order chi connectivity index (χ0) is 14.2. The highest BCUT2D eigenvalue weighted by Gasteiger charge is 2.13. The number of fused-ring (bicyclic) bond motifs is 1. The molecular weight excluding hydrogens is 280 g/mol. The highest BCUT2D eigenvalue weighted by atomic mass is 32.2. The van der Waals surface area contributed by atoms with E-state index in [0.29, 0.717) is 17.0 Å². The molecule has 0 saturated carbocycles. The number of aromatic nitrogens is 2. The van der Waals surface area contributed by atoms with E-state index in [1.165, 1.54) is 11.8 Å². The molecule has 1 N–H and O–H groups in total. The summed E-state index contributed by atoms with van der Waals surface area (Å²) in [6, 6.07) is 0. The molecule has 2 rings (SSSR count). The van der Waals surface area contributed by atoms with Gasteiger partial charge in [-0.15, -0.1) is 23.1 Å². The van der Waals surface area contributed by atoms with Gasteiger partial charge < -0.3 is 4.98 Å². The minimum atomic E-state index is -0.0853. The number of aryl methyl sites for hydroxylation is 2. The predicted octanol–water partition coefficient (Wildman–Crippen LogP) is 2.81. The molecule has 0 spiro atoms. The first-order valence-electron chi connectivity index (χ1n) is 6.01. The molecule has 19 heavy (non-hydrogen) atoms. The smallest absolute Gasteiger partial charge is 0.259 e. The zero-order valence-electron chi connectivity index (χ0n) is 11.4. The van der Waals surface area contributed by atoms with Crippen molar-refractivity contribution >= 4 is 39.1 Å². The molecule has 6 heteroatoms. The van der Waals surface area contributed by atoms with Crippen LogP contribution in [0.4, 0.5) is 0 Å². The van der Waals surface area contributed by atoms with Crippen LogP contribution in [0.2, 0.25) is 0 Å². The molecule has 102 valence electrons. The number of H-pyrrole nitrogens is 1. The Balaban J connectivity index is 2.31. The summed E-state index contributed by atoms with van der Waals surface area (Å²) in [4.78, 5) is 32.4. The number of nitrogens with zero attached hydrogens (tertiary/aromatic N) is 1. The van der Waals surface area contributed by atoms with Crippen LogP contribution in [-0.2, 0) is 10.5 Å². The molecule has 0 fully saturated rings. The Hall–Kier alpha value is -1.14. The number of thioether (sulfide) groups is 1. The Bertz CT molecular complexity index is 688. The average Bonchev–Trinajstić information content (AvgIpc) is 2.62. The summed E-state index contributed by atoms with van der Waals surface area (Å²) in [7, 11) is 0. The second kappa shape index (κ2) is 5.46. The number of thiophene rings is 1. The number of carbonyl (C=O) groups excluding carboxylic acids is 1. The van der Waals surface area contributed by atoms with Crippen LogP contribution in [0.1, 0.15) is 30.1 Å². The van der Waals surface area contributed by atoms with Gasteiger partial charge in [-0.25, -0.2) is 4.98 Å². The van der Waals surface area contributed by atoms with E-state index >= 15 is 0 Å². The van der Waals surface area contributed by atoms with Gasteiger partial charge in [0.05, 0.1) is 16.4 Å². The van der Waals surface area contributed by atoms with E-state index in [9.17, 15) is 9.59 Å². The van der Waals surface area contributed by atoms with Crippen LogP contribution in [0.15, 0.2) is 4.79 Å². The SMILES string of the molecule is CC(=O)[C@@H](C)SCc1nc2sc(C)c(C)c2c(=O)[nH]1. The van der Waals surface area contributed by atoms with Crippen LogP contribution in [-0.4, -0.2) is 21.0 Å². The number of Topliss-reactive ketones (excluding diaryl/α,β-unsaturated/α-hetero) is 1. The van der Waals surface area contributed by atoms with Crippen LogP contribution in [0.3, 0.4) is 0 Å². The Labute approximate surface area is 119 Å². The van der Waals surface area contributed by atoms with Crippen LogP contribution < -0.4 is 5.56 Å².